The molecule has 0 bridgehead atoms. The lowest BCUT2D eigenvalue weighted by Gasteiger charge is -2.29. The van der Waals surface area contributed by atoms with Crippen molar-refractivity contribution >= 4 is 23.0 Å². The summed E-state index contributed by atoms with van der Waals surface area (Å²) in [6.45, 7) is 12.2. The highest BCUT2D eigenvalue weighted by atomic mass is 16.6. The summed E-state index contributed by atoms with van der Waals surface area (Å²) in [4.78, 5) is 37.0. The van der Waals surface area contributed by atoms with E-state index in [9.17, 15) is 14.7 Å². The fourth-order valence-electron chi connectivity index (χ4n) is 4.02. The molecule has 30 heavy (non-hydrogen) atoms. The fraction of sp³-hybridized carbons (Fsp3) is 0.826. The number of rotatable bonds is 12. The number of nitrogens with zero attached hydrogens (tertiary/aromatic N) is 2. The Morgan fingerprint density at radius 2 is 1.53 bits per heavy atom. The zero-order valence-electron chi connectivity index (χ0n) is 19.9. The van der Waals surface area contributed by atoms with Crippen LogP contribution in [0.1, 0.15) is 73.6 Å². The number of oxime groups is 2. The maximum atomic E-state index is 13.6. The van der Waals surface area contributed by atoms with E-state index in [2.05, 4.69) is 38.0 Å². The average Bonchev–Trinajstić information content (AvgIpc) is 2.82. The molecule has 7 heteroatoms. The van der Waals surface area contributed by atoms with E-state index in [1.165, 1.54) is 14.2 Å². The molecule has 1 N–H and O–H groups in total. The highest BCUT2D eigenvalue weighted by molar-refractivity contribution is 6.35. The normalized spacial score (nSPS) is 25.7. The van der Waals surface area contributed by atoms with Crippen LogP contribution < -0.4 is 0 Å². The second-order valence-electron chi connectivity index (χ2n) is 9.51. The van der Waals surface area contributed by atoms with Gasteiger partial charge in [-0.25, -0.2) is 0 Å². The van der Waals surface area contributed by atoms with Gasteiger partial charge in [-0.2, -0.15) is 0 Å². The Morgan fingerprint density at radius 3 is 2.00 bits per heavy atom. The fourth-order valence-corrected chi connectivity index (χ4v) is 4.02. The molecule has 1 saturated carbocycles. The van der Waals surface area contributed by atoms with Gasteiger partial charge in [0.25, 0.3) is 0 Å². The molecule has 0 aromatic heterocycles. The summed E-state index contributed by atoms with van der Waals surface area (Å²) in [7, 11) is 2.78. The SMILES string of the molecule is CON=C(CC(C)C)C1C(=O)[C@H](CCC(C)C)[C@@](O)(C(CCC(C)C)=NOC)C1=O. The zero-order valence-corrected chi connectivity index (χ0v) is 19.9. The summed E-state index contributed by atoms with van der Waals surface area (Å²) in [6, 6.07) is 0. The topological polar surface area (TPSA) is 97.6 Å². The smallest absolute Gasteiger partial charge is 0.187 e. The van der Waals surface area contributed by atoms with Crippen LogP contribution >= 0.6 is 0 Å². The highest BCUT2D eigenvalue weighted by Crippen LogP contribution is 2.41. The monoisotopic (exact) mass is 424 g/mol. The first-order valence-electron chi connectivity index (χ1n) is 11.0. The number of hydrogen-bond acceptors (Lipinski definition) is 7. The number of ketones is 2. The molecular formula is C23H40N2O5. The first kappa shape index (κ1) is 26.3. The molecule has 7 nitrogen and oxygen atoms in total. The van der Waals surface area contributed by atoms with Crippen LogP contribution in [-0.2, 0) is 19.3 Å². The van der Waals surface area contributed by atoms with E-state index in [1.54, 1.807) is 0 Å². The second kappa shape index (κ2) is 11.6. The van der Waals surface area contributed by atoms with E-state index in [0.717, 1.165) is 6.42 Å². The Balaban J connectivity index is 3.49. The van der Waals surface area contributed by atoms with Crippen molar-refractivity contribution < 1.29 is 24.4 Å². The molecule has 0 amide bonds. The van der Waals surface area contributed by atoms with E-state index in [4.69, 9.17) is 9.68 Å². The van der Waals surface area contributed by atoms with Gasteiger partial charge in [0.15, 0.2) is 17.2 Å². The second-order valence-corrected chi connectivity index (χ2v) is 9.51. The van der Waals surface area contributed by atoms with Crippen molar-refractivity contribution in [2.45, 2.75) is 79.2 Å². The van der Waals surface area contributed by atoms with Gasteiger partial charge in [-0.3, -0.25) is 9.59 Å². The summed E-state index contributed by atoms with van der Waals surface area (Å²) in [5.74, 6) is -1.99. The molecule has 1 unspecified atom stereocenters. The van der Waals surface area contributed by atoms with Gasteiger partial charge >= 0.3 is 0 Å². The third kappa shape index (κ3) is 6.13. The minimum absolute atomic E-state index is 0.176. The predicted molar refractivity (Wildman–Crippen MR) is 118 cm³/mol. The summed E-state index contributed by atoms with van der Waals surface area (Å²) < 4.78 is 0. The minimum atomic E-state index is -1.98. The Kier molecular flexibility index (Phi) is 10.1. The van der Waals surface area contributed by atoms with E-state index in [-0.39, 0.29) is 17.4 Å². The third-order valence-corrected chi connectivity index (χ3v) is 5.56. The van der Waals surface area contributed by atoms with Crippen molar-refractivity contribution in [2.24, 2.45) is 39.9 Å². The maximum Gasteiger partial charge on any atom is 0.187 e. The van der Waals surface area contributed by atoms with Crippen LogP contribution in [0.3, 0.4) is 0 Å². The molecule has 172 valence electrons. The molecule has 3 atom stereocenters. The molecule has 0 spiro atoms. The van der Waals surface area contributed by atoms with Crippen molar-refractivity contribution in [3.05, 3.63) is 0 Å². The average molecular weight is 425 g/mol. The van der Waals surface area contributed by atoms with Gasteiger partial charge in [-0.15, -0.1) is 0 Å². The summed E-state index contributed by atoms with van der Waals surface area (Å²) >= 11 is 0. The van der Waals surface area contributed by atoms with Crippen molar-refractivity contribution in [1.82, 2.24) is 0 Å². The lowest BCUT2D eigenvalue weighted by Crippen LogP contribution is -2.50. The Bertz CT molecular complexity index is 654. The van der Waals surface area contributed by atoms with Crippen molar-refractivity contribution in [2.75, 3.05) is 14.2 Å². The van der Waals surface area contributed by atoms with Gasteiger partial charge < -0.3 is 14.8 Å². The van der Waals surface area contributed by atoms with Crippen molar-refractivity contribution in [3.63, 3.8) is 0 Å². The number of Topliss-reactive ketones (excluding diaryl/α,β-unsaturated/α-hetero) is 2. The van der Waals surface area contributed by atoms with Crippen LogP contribution in [-0.4, -0.2) is 47.9 Å². The third-order valence-electron chi connectivity index (χ3n) is 5.56. The van der Waals surface area contributed by atoms with Crippen LogP contribution in [0.4, 0.5) is 0 Å². The van der Waals surface area contributed by atoms with E-state index < -0.39 is 23.2 Å². The first-order valence-corrected chi connectivity index (χ1v) is 11.0. The van der Waals surface area contributed by atoms with Crippen LogP contribution in [0.5, 0.6) is 0 Å². The molecule has 0 radical (unpaired) electrons. The lowest BCUT2D eigenvalue weighted by molar-refractivity contribution is -0.131. The molecular weight excluding hydrogens is 384 g/mol. The summed E-state index contributed by atoms with van der Waals surface area (Å²) in [5.41, 5.74) is -1.38. The van der Waals surface area contributed by atoms with Gasteiger partial charge in [0, 0.05) is 0 Å². The summed E-state index contributed by atoms with van der Waals surface area (Å²) in [5, 5.41) is 19.8. The molecule has 0 aromatic rings. The lowest BCUT2D eigenvalue weighted by atomic mass is 9.79. The predicted octanol–water partition coefficient (Wildman–Crippen LogP) is 4.03. The maximum absolute atomic E-state index is 13.6. The van der Waals surface area contributed by atoms with E-state index in [1.807, 2.05) is 13.8 Å². The van der Waals surface area contributed by atoms with Gasteiger partial charge in [0.1, 0.15) is 20.1 Å². The molecule has 0 heterocycles. The Hall–Kier alpha value is -1.76. The Labute approximate surface area is 181 Å². The van der Waals surface area contributed by atoms with E-state index in [0.29, 0.717) is 43.2 Å². The van der Waals surface area contributed by atoms with Gasteiger partial charge in [0.2, 0.25) is 0 Å². The number of aliphatic hydroxyl groups is 1. The number of carbonyl (C=O) groups excluding carboxylic acids is 2. The molecule has 1 rings (SSSR count). The van der Waals surface area contributed by atoms with Crippen LogP contribution in [0, 0.1) is 29.6 Å². The van der Waals surface area contributed by atoms with Gasteiger partial charge in [0.05, 0.1) is 17.3 Å². The van der Waals surface area contributed by atoms with Crippen LogP contribution in [0.25, 0.3) is 0 Å². The molecule has 1 aliphatic rings. The molecule has 0 aliphatic heterocycles. The largest absolute Gasteiger partial charge is 0.399 e. The summed E-state index contributed by atoms with van der Waals surface area (Å²) in [6.07, 6.45) is 2.66. The standard InChI is InChI=1S/C23H40N2O5/c1-14(2)9-11-17-21(26)20(18(24-29-7)13-16(5)6)22(27)23(17,28)19(25-30-8)12-10-15(3)4/h14-17,20,28H,9-13H2,1-8H3/t17-,20?,23+/m0/s1. The van der Waals surface area contributed by atoms with Crippen molar-refractivity contribution in [1.29, 1.82) is 0 Å². The van der Waals surface area contributed by atoms with Crippen molar-refractivity contribution in [3.8, 4) is 0 Å². The van der Waals surface area contributed by atoms with E-state index >= 15 is 0 Å². The highest BCUT2D eigenvalue weighted by Gasteiger charge is 2.63. The molecule has 0 aromatic carbocycles. The first-order chi connectivity index (χ1) is 14.0. The Morgan fingerprint density at radius 1 is 0.967 bits per heavy atom. The molecule has 1 fully saturated rings. The van der Waals surface area contributed by atoms with Gasteiger partial charge in [-0.05, 0) is 43.4 Å². The van der Waals surface area contributed by atoms with Crippen LogP contribution in [0.2, 0.25) is 0 Å². The number of carbonyl (C=O) groups is 2. The minimum Gasteiger partial charge on any atom is -0.399 e. The molecule has 0 saturated heterocycles. The quantitative estimate of drug-likeness (QED) is 0.290. The zero-order chi connectivity index (χ0) is 23.1. The molecule has 1 aliphatic carbocycles. The van der Waals surface area contributed by atoms with Gasteiger partial charge in [-0.1, -0.05) is 58.3 Å². The number of hydrogen-bond donors (Lipinski definition) is 1. The van der Waals surface area contributed by atoms with Crippen LogP contribution in [0.15, 0.2) is 10.3 Å².